The van der Waals surface area contributed by atoms with E-state index in [2.05, 4.69) is 51.3 Å². The molecule has 4 aliphatic carbocycles. The highest BCUT2D eigenvalue weighted by molar-refractivity contribution is 5.94. The lowest BCUT2D eigenvalue weighted by Gasteiger charge is -2.58. The van der Waals surface area contributed by atoms with Gasteiger partial charge in [-0.3, -0.25) is 9.59 Å². The highest BCUT2D eigenvalue weighted by Gasteiger charge is 2.59. The van der Waals surface area contributed by atoms with Gasteiger partial charge in [0.1, 0.15) is 11.9 Å². The average Bonchev–Trinajstić information content (AvgIpc) is 3.59. The Labute approximate surface area is 370 Å². The minimum absolute atomic E-state index is 0.0880. The van der Waals surface area contributed by atoms with Crippen molar-refractivity contribution in [3.05, 3.63) is 41.5 Å². The molecule has 0 aromatic heterocycles. The lowest BCUT2D eigenvalue weighted by molar-refractivity contribution is -0.137. The fraction of sp³-hybridized carbons (Fsp3) is 0.792. The molecule has 0 unspecified atom stereocenters. The van der Waals surface area contributed by atoms with Gasteiger partial charge in [-0.05, 0) is 128 Å². The van der Waals surface area contributed by atoms with Crippen LogP contribution in [0.25, 0.3) is 0 Å². The predicted octanol–water partition coefficient (Wildman–Crippen LogP) is 13.5. The first-order chi connectivity index (χ1) is 29.4. The van der Waals surface area contributed by atoms with Crippen molar-refractivity contribution in [2.75, 3.05) is 19.7 Å². The van der Waals surface area contributed by atoms with Gasteiger partial charge in [-0.25, -0.2) is 4.79 Å². The summed E-state index contributed by atoms with van der Waals surface area (Å²) in [6.45, 7) is 13.8. The van der Waals surface area contributed by atoms with Crippen LogP contribution in [0.4, 0.5) is 4.79 Å². The molecular weight excluding hydrogens is 761 g/mol. The quantitative estimate of drug-likeness (QED) is 0.0600. The van der Waals surface area contributed by atoms with Crippen molar-refractivity contribution in [1.29, 1.82) is 0 Å². The maximum atomic E-state index is 12.8. The van der Waals surface area contributed by atoms with Crippen LogP contribution in [0.15, 0.2) is 35.9 Å². The van der Waals surface area contributed by atoms with Gasteiger partial charge in [-0.2, -0.15) is 0 Å². The van der Waals surface area contributed by atoms with Crippen molar-refractivity contribution in [3.8, 4) is 5.75 Å². The summed E-state index contributed by atoms with van der Waals surface area (Å²) >= 11 is 0. The van der Waals surface area contributed by atoms with E-state index in [0.29, 0.717) is 37.1 Å². The molecule has 0 aliphatic heterocycles. The van der Waals surface area contributed by atoms with Gasteiger partial charge in [0, 0.05) is 31.5 Å². The van der Waals surface area contributed by atoms with Crippen LogP contribution >= 0.6 is 0 Å². The molecule has 8 nitrogen and oxygen atoms in total. The Kier molecular flexibility index (Phi) is 19.9. The minimum Gasteiger partial charge on any atom is -0.494 e. The first-order valence-corrected chi connectivity index (χ1v) is 25.3. The Hall–Kier alpha value is -3.03. The molecule has 8 heteroatoms. The van der Waals surface area contributed by atoms with E-state index in [4.69, 9.17) is 14.6 Å². The molecule has 0 radical (unpaired) electrons. The fourth-order valence-electron chi connectivity index (χ4n) is 12.6. The summed E-state index contributed by atoms with van der Waals surface area (Å²) in [6, 6.07) is 7.28. The molecule has 2 amide bonds. The van der Waals surface area contributed by atoms with Crippen molar-refractivity contribution in [2.24, 2.45) is 46.3 Å². The third kappa shape index (κ3) is 14.5. The van der Waals surface area contributed by atoms with Gasteiger partial charge >= 0.3 is 12.1 Å². The van der Waals surface area contributed by atoms with Gasteiger partial charge < -0.3 is 25.2 Å². The van der Waals surface area contributed by atoms with Gasteiger partial charge in [0.25, 0.3) is 5.91 Å². The second kappa shape index (κ2) is 24.7. The van der Waals surface area contributed by atoms with Crippen LogP contribution in [-0.2, 0) is 9.53 Å². The number of fused-ring (bicyclic) bond motifs is 5. The van der Waals surface area contributed by atoms with Crippen LogP contribution in [-0.4, -0.2) is 48.9 Å². The van der Waals surface area contributed by atoms with Gasteiger partial charge in [0.05, 0.1) is 6.61 Å². The van der Waals surface area contributed by atoms with Crippen LogP contribution in [0.3, 0.4) is 0 Å². The number of allylic oxidation sites excluding steroid dienone is 1. The molecule has 0 spiro atoms. The zero-order valence-corrected chi connectivity index (χ0v) is 39.2. The van der Waals surface area contributed by atoms with E-state index >= 15 is 0 Å². The average molecular weight is 847 g/mol. The number of carboxylic acid groups (broad SMARTS) is 1. The summed E-state index contributed by atoms with van der Waals surface area (Å²) in [5.41, 5.74) is 2.83. The van der Waals surface area contributed by atoms with E-state index in [-0.39, 0.29) is 17.4 Å². The highest BCUT2D eigenvalue weighted by atomic mass is 16.6. The second-order valence-corrected chi connectivity index (χ2v) is 20.9. The molecule has 5 rings (SSSR count). The summed E-state index contributed by atoms with van der Waals surface area (Å²) in [4.78, 5) is 36.2. The number of carbonyl (C=O) groups excluding carboxylic acids is 2. The molecule has 1 aromatic carbocycles. The summed E-state index contributed by atoms with van der Waals surface area (Å²) in [5.74, 6) is 4.84. The number of rotatable bonds is 27. The summed E-state index contributed by atoms with van der Waals surface area (Å²) < 4.78 is 11.9. The Morgan fingerprint density at radius 2 is 1.38 bits per heavy atom. The molecule has 3 N–H and O–H groups in total. The number of carbonyl (C=O) groups is 3. The summed E-state index contributed by atoms with van der Waals surface area (Å²) in [7, 11) is 0. The van der Waals surface area contributed by atoms with E-state index < -0.39 is 12.1 Å². The van der Waals surface area contributed by atoms with E-state index in [9.17, 15) is 14.4 Å². The summed E-state index contributed by atoms with van der Waals surface area (Å²) in [6.07, 6.45) is 31.5. The SMILES string of the molecule is CC(C)CCC[C@@H](C)[C@H]1CC[C@H]2[C@@H]3CC=C4C[C@H](OC(=O)NCCNC(=O)c5ccc(OCCCCCCCCCCCCCCCC(=O)O)cc5)CC[C@]4(C)[C@H]3CC[C@]12C. The van der Waals surface area contributed by atoms with Crippen LogP contribution in [0.2, 0.25) is 0 Å². The Bertz CT molecular complexity index is 1520. The minimum atomic E-state index is -0.681. The molecule has 0 heterocycles. The number of hydrogen-bond acceptors (Lipinski definition) is 5. The topological polar surface area (TPSA) is 114 Å². The zero-order valence-electron chi connectivity index (χ0n) is 39.2. The highest BCUT2D eigenvalue weighted by Crippen LogP contribution is 2.67. The first kappa shape index (κ1) is 49.0. The number of benzene rings is 1. The lowest BCUT2D eigenvalue weighted by Crippen LogP contribution is -2.51. The van der Waals surface area contributed by atoms with Crippen LogP contribution in [0.1, 0.15) is 205 Å². The number of amides is 2. The fourth-order valence-corrected chi connectivity index (χ4v) is 12.6. The van der Waals surface area contributed by atoms with E-state index in [1.807, 2.05) is 12.1 Å². The van der Waals surface area contributed by atoms with Crippen molar-refractivity contribution in [2.45, 2.75) is 201 Å². The maximum absolute atomic E-state index is 12.8. The smallest absolute Gasteiger partial charge is 0.407 e. The Balaban J connectivity index is 0.899. The van der Waals surface area contributed by atoms with Crippen molar-refractivity contribution < 1.29 is 29.0 Å². The zero-order chi connectivity index (χ0) is 43.7. The number of unbranched alkanes of at least 4 members (excludes halogenated alkanes) is 12. The molecule has 3 fully saturated rings. The number of carboxylic acids is 1. The normalized spacial score (nSPS) is 27.3. The Morgan fingerprint density at radius 1 is 0.738 bits per heavy atom. The number of hydrogen-bond donors (Lipinski definition) is 3. The monoisotopic (exact) mass is 847 g/mol. The molecule has 1 aromatic rings. The van der Waals surface area contributed by atoms with E-state index in [0.717, 1.165) is 92.6 Å². The van der Waals surface area contributed by atoms with Gasteiger partial charge in [-0.15, -0.1) is 0 Å². The van der Waals surface area contributed by atoms with Crippen molar-refractivity contribution in [3.63, 3.8) is 0 Å². The second-order valence-electron chi connectivity index (χ2n) is 20.9. The van der Waals surface area contributed by atoms with Gasteiger partial charge in [0.15, 0.2) is 0 Å². The lowest BCUT2D eigenvalue weighted by atomic mass is 9.47. The maximum Gasteiger partial charge on any atom is 0.407 e. The molecular formula is C53H86N2O6. The molecule has 61 heavy (non-hydrogen) atoms. The first-order valence-electron chi connectivity index (χ1n) is 25.3. The standard InChI is InChI=1S/C53H86N2O6/c1-39(2)20-19-21-40(3)46-29-30-47-45-28-25-42-38-44(31-33-52(42,4)48(45)32-34-53(46,47)5)61-51(59)55-36-35-54-50(58)41-23-26-43(27-24-41)60-37-18-16-14-12-10-8-6-7-9-11-13-15-17-22-49(56)57/h23-27,39-40,44-48H,6-22,28-38H2,1-5H3,(H,54,58)(H,55,59)(H,56,57)/t40-,44-,45+,46-,47+,48+,52+,53-/m1/s1. The van der Waals surface area contributed by atoms with Crippen molar-refractivity contribution >= 4 is 18.0 Å². The summed E-state index contributed by atoms with van der Waals surface area (Å²) in [5, 5.41) is 14.5. The third-order valence-corrected chi connectivity index (χ3v) is 16.1. The van der Waals surface area contributed by atoms with Crippen LogP contribution in [0.5, 0.6) is 5.75 Å². The largest absolute Gasteiger partial charge is 0.494 e. The molecule has 4 aliphatic rings. The van der Waals surface area contributed by atoms with Crippen molar-refractivity contribution in [1.82, 2.24) is 10.6 Å². The van der Waals surface area contributed by atoms with E-state index in [1.54, 1.807) is 12.1 Å². The number of alkyl carbamates (subject to hydrolysis) is 1. The number of nitrogens with one attached hydrogen (secondary N) is 2. The molecule has 8 atom stereocenters. The Morgan fingerprint density at radius 3 is 2.03 bits per heavy atom. The van der Waals surface area contributed by atoms with Gasteiger partial charge in [-0.1, -0.05) is 136 Å². The molecule has 0 bridgehead atoms. The number of aliphatic carboxylic acids is 1. The molecule has 3 saturated carbocycles. The third-order valence-electron chi connectivity index (χ3n) is 16.1. The van der Waals surface area contributed by atoms with E-state index in [1.165, 1.54) is 108 Å². The predicted molar refractivity (Wildman–Crippen MR) is 248 cm³/mol. The molecule has 0 saturated heterocycles. The number of ether oxygens (including phenoxy) is 2. The molecule has 344 valence electrons. The van der Waals surface area contributed by atoms with Crippen LogP contribution in [0, 0.1) is 46.3 Å². The van der Waals surface area contributed by atoms with Gasteiger partial charge in [0.2, 0.25) is 0 Å². The van der Waals surface area contributed by atoms with Crippen LogP contribution < -0.4 is 15.4 Å².